The van der Waals surface area contributed by atoms with Gasteiger partial charge < -0.3 is 5.32 Å². The summed E-state index contributed by atoms with van der Waals surface area (Å²) in [5.74, 6) is -0.118. The number of thiophene rings is 1. The van der Waals surface area contributed by atoms with E-state index >= 15 is 0 Å². The van der Waals surface area contributed by atoms with Gasteiger partial charge in [-0.2, -0.15) is 0 Å². The van der Waals surface area contributed by atoms with Crippen LogP contribution in [0.5, 0.6) is 0 Å². The Morgan fingerprint density at radius 1 is 1.44 bits per heavy atom. The third-order valence-corrected chi connectivity index (χ3v) is 3.83. The molecule has 5 heteroatoms. The average molecular weight is 297 g/mol. The summed E-state index contributed by atoms with van der Waals surface area (Å²) in [7, 11) is 0. The molecular weight excluding hydrogens is 288 g/mol. The van der Waals surface area contributed by atoms with Gasteiger partial charge in [0.2, 0.25) is 0 Å². The number of carbonyl (C=O) groups is 1. The number of hydrogen-bond acceptors (Lipinski definition) is 3. The van der Waals surface area contributed by atoms with Crippen molar-refractivity contribution in [3.05, 3.63) is 44.8 Å². The average Bonchev–Trinajstić information content (AvgIpc) is 2.68. The summed E-state index contributed by atoms with van der Waals surface area (Å²) in [6.07, 6.45) is 1.65. The van der Waals surface area contributed by atoms with Gasteiger partial charge in [0, 0.05) is 10.2 Å². The van der Waals surface area contributed by atoms with Crippen molar-refractivity contribution in [1.29, 1.82) is 0 Å². The van der Waals surface area contributed by atoms with E-state index in [1.165, 1.54) is 11.3 Å². The molecule has 3 nitrogen and oxygen atoms in total. The molecule has 0 bridgehead atoms. The molecule has 2 rings (SSSR count). The van der Waals surface area contributed by atoms with Crippen molar-refractivity contribution in [2.75, 3.05) is 5.32 Å². The SMILES string of the molecule is Cc1ccc(NC(=O)c2sccc2Br)cn1. The van der Waals surface area contributed by atoms with Gasteiger partial charge in [-0.15, -0.1) is 11.3 Å². The smallest absolute Gasteiger partial charge is 0.266 e. The molecule has 0 spiro atoms. The van der Waals surface area contributed by atoms with Crippen LogP contribution in [0.1, 0.15) is 15.4 Å². The molecule has 0 aromatic carbocycles. The first-order chi connectivity index (χ1) is 7.66. The molecule has 2 aromatic heterocycles. The van der Waals surface area contributed by atoms with E-state index in [9.17, 15) is 4.79 Å². The predicted molar refractivity (Wildman–Crippen MR) is 68.9 cm³/mol. The molecule has 0 radical (unpaired) electrons. The Hall–Kier alpha value is -1.20. The second kappa shape index (κ2) is 4.76. The van der Waals surface area contributed by atoms with Crippen molar-refractivity contribution in [1.82, 2.24) is 4.98 Å². The number of nitrogens with zero attached hydrogens (tertiary/aromatic N) is 1. The molecule has 82 valence electrons. The number of aromatic nitrogens is 1. The lowest BCUT2D eigenvalue weighted by molar-refractivity contribution is 0.103. The topological polar surface area (TPSA) is 42.0 Å². The highest BCUT2D eigenvalue weighted by molar-refractivity contribution is 9.10. The zero-order valence-electron chi connectivity index (χ0n) is 8.53. The fourth-order valence-corrected chi connectivity index (χ4v) is 2.63. The van der Waals surface area contributed by atoms with E-state index in [4.69, 9.17) is 0 Å². The van der Waals surface area contributed by atoms with Gasteiger partial charge in [0.05, 0.1) is 11.9 Å². The normalized spacial score (nSPS) is 10.1. The number of pyridine rings is 1. The van der Waals surface area contributed by atoms with Crippen molar-refractivity contribution in [3.63, 3.8) is 0 Å². The fraction of sp³-hybridized carbons (Fsp3) is 0.0909. The Morgan fingerprint density at radius 3 is 2.81 bits per heavy atom. The molecule has 2 aromatic rings. The van der Waals surface area contributed by atoms with Crippen LogP contribution in [0.15, 0.2) is 34.2 Å². The number of hydrogen-bond donors (Lipinski definition) is 1. The summed E-state index contributed by atoms with van der Waals surface area (Å²) >= 11 is 4.73. The molecule has 0 aliphatic rings. The third kappa shape index (κ3) is 2.48. The maximum atomic E-state index is 11.8. The second-order valence-corrected chi connectivity index (χ2v) is 5.01. The molecule has 0 unspecified atom stereocenters. The molecule has 1 amide bonds. The fourth-order valence-electron chi connectivity index (χ4n) is 1.19. The highest BCUT2D eigenvalue weighted by Crippen LogP contribution is 2.23. The Balaban J connectivity index is 2.14. The molecule has 2 heterocycles. The number of nitrogens with one attached hydrogen (secondary N) is 1. The van der Waals surface area contributed by atoms with Crippen molar-refractivity contribution >= 4 is 38.9 Å². The van der Waals surface area contributed by atoms with Crippen LogP contribution in [0.25, 0.3) is 0 Å². The van der Waals surface area contributed by atoms with Crippen molar-refractivity contribution < 1.29 is 4.79 Å². The number of amides is 1. The van der Waals surface area contributed by atoms with Crippen molar-refractivity contribution in [2.24, 2.45) is 0 Å². The van der Waals surface area contributed by atoms with Crippen LogP contribution < -0.4 is 5.32 Å². The minimum absolute atomic E-state index is 0.118. The minimum atomic E-state index is -0.118. The molecule has 16 heavy (non-hydrogen) atoms. The summed E-state index contributed by atoms with van der Waals surface area (Å²) < 4.78 is 0.815. The Kier molecular flexibility index (Phi) is 3.36. The number of aryl methyl sites for hydroxylation is 1. The van der Waals surface area contributed by atoms with Crippen LogP contribution in [0.3, 0.4) is 0 Å². The Labute approximate surface area is 106 Å². The van der Waals surface area contributed by atoms with Crippen LogP contribution in [-0.2, 0) is 0 Å². The molecule has 1 N–H and O–H groups in total. The molecule has 0 atom stereocenters. The molecule has 0 aliphatic carbocycles. The van der Waals surface area contributed by atoms with Gasteiger partial charge in [-0.25, -0.2) is 0 Å². The lowest BCUT2D eigenvalue weighted by Crippen LogP contribution is -2.10. The summed E-state index contributed by atoms with van der Waals surface area (Å²) in [6, 6.07) is 5.55. The van der Waals surface area contributed by atoms with E-state index in [-0.39, 0.29) is 5.91 Å². The van der Waals surface area contributed by atoms with Crippen molar-refractivity contribution in [2.45, 2.75) is 6.92 Å². The molecule has 0 saturated heterocycles. The van der Waals surface area contributed by atoms with E-state index in [0.717, 1.165) is 10.2 Å². The molecule has 0 aliphatic heterocycles. The maximum Gasteiger partial charge on any atom is 0.266 e. The summed E-state index contributed by atoms with van der Waals surface area (Å²) in [5, 5.41) is 4.66. The number of halogens is 1. The van der Waals surface area contributed by atoms with E-state index in [2.05, 4.69) is 26.2 Å². The number of carbonyl (C=O) groups excluding carboxylic acids is 1. The van der Waals surface area contributed by atoms with Gasteiger partial charge in [-0.05, 0) is 46.4 Å². The van der Waals surface area contributed by atoms with Gasteiger partial charge in [0.25, 0.3) is 5.91 Å². The van der Waals surface area contributed by atoms with Crippen LogP contribution in [0.2, 0.25) is 0 Å². The number of anilines is 1. The van der Waals surface area contributed by atoms with Gasteiger partial charge in [-0.3, -0.25) is 9.78 Å². The third-order valence-electron chi connectivity index (χ3n) is 1.99. The maximum absolute atomic E-state index is 11.8. The molecule has 0 saturated carbocycles. The number of rotatable bonds is 2. The first kappa shape index (κ1) is 11.3. The molecule has 0 fully saturated rings. The first-order valence-corrected chi connectivity index (χ1v) is 6.31. The van der Waals surface area contributed by atoms with E-state index in [1.807, 2.05) is 30.5 Å². The highest BCUT2D eigenvalue weighted by Gasteiger charge is 2.11. The zero-order valence-corrected chi connectivity index (χ0v) is 10.9. The monoisotopic (exact) mass is 296 g/mol. The van der Waals surface area contributed by atoms with E-state index in [0.29, 0.717) is 10.6 Å². The predicted octanol–water partition coefficient (Wildman–Crippen LogP) is 3.47. The van der Waals surface area contributed by atoms with Gasteiger partial charge in [-0.1, -0.05) is 0 Å². The summed E-state index contributed by atoms with van der Waals surface area (Å²) in [6.45, 7) is 1.90. The largest absolute Gasteiger partial charge is 0.320 e. The summed E-state index contributed by atoms with van der Waals surface area (Å²) in [5.41, 5.74) is 1.63. The standard InChI is InChI=1S/C11H9BrN2OS/c1-7-2-3-8(6-13-7)14-11(15)10-9(12)4-5-16-10/h2-6H,1H3,(H,14,15). The van der Waals surface area contributed by atoms with Gasteiger partial charge in [0.15, 0.2) is 0 Å². The van der Waals surface area contributed by atoms with Crippen molar-refractivity contribution in [3.8, 4) is 0 Å². The van der Waals surface area contributed by atoms with Crippen LogP contribution in [-0.4, -0.2) is 10.9 Å². The lowest BCUT2D eigenvalue weighted by atomic mass is 10.3. The van der Waals surface area contributed by atoms with Crippen LogP contribution in [0.4, 0.5) is 5.69 Å². The van der Waals surface area contributed by atoms with Crippen LogP contribution in [0, 0.1) is 6.92 Å². The summed E-state index contributed by atoms with van der Waals surface area (Å²) in [4.78, 5) is 16.6. The Bertz CT molecular complexity index is 507. The minimum Gasteiger partial charge on any atom is -0.320 e. The van der Waals surface area contributed by atoms with Gasteiger partial charge >= 0.3 is 0 Å². The first-order valence-electron chi connectivity index (χ1n) is 4.64. The quantitative estimate of drug-likeness (QED) is 0.922. The van der Waals surface area contributed by atoms with Gasteiger partial charge in [0.1, 0.15) is 4.88 Å². The second-order valence-electron chi connectivity index (χ2n) is 3.24. The van der Waals surface area contributed by atoms with Crippen LogP contribution >= 0.6 is 27.3 Å². The van der Waals surface area contributed by atoms with E-state index < -0.39 is 0 Å². The van der Waals surface area contributed by atoms with E-state index in [1.54, 1.807) is 6.20 Å². The highest BCUT2D eigenvalue weighted by atomic mass is 79.9. The zero-order chi connectivity index (χ0) is 11.5. The Morgan fingerprint density at radius 2 is 2.25 bits per heavy atom. The molecular formula is C11H9BrN2OS. The lowest BCUT2D eigenvalue weighted by Gasteiger charge is -2.03.